The van der Waals surface area contributed by atoms with E-state index in [2.05, 4.69) is 4.74 Å². The van der Waals surface area contributed by atoms with Gasteiger partial charge in [0.2, 0.25) is 0 Å². The molecule has 0 fully saturated rings. The Balaban J connectivity index is 2.89. The smallest absolute Gasteiger partial charge is 0.328 e. The van der Waals surface area contributed by atoms with Crippen LogP contribution in [-0.4, -0.2) is 20.2 Å². The number of hydrogen-bond acceptors (Lipinski definition) is 3. The molecule has 0 amide bonds. The SMILES string of the molecule is COC(=O)[C@H](Cl)c1cccc(OC)c1. The molecule has 76 valence electrons. The summed E-state index contributed by atoms with van der Waals surface area (Å²) < 4.78 is 9.54. The standard InChI is InChI=1S/C10H11ClO3/c1-13-8-5-3-4-7(6-8)9(11)10(12)14-2/h3-6,9H,1-2H3/t9-/m1/s1. The van der Waals surface area contributed by atoms with Crippen molar-refractivity contribution in [2.45, 2.75) is 5.38 Å². The molecule has 0 saturated carbocycles. The molecule has 3 nitrogen and oxygen atoms in total. The molecule has 0 aliphatic carbocycles. The molecule has 0 heterocycles. The monoisotopic (exact) mass is 214 g/mol. The lowest BCUT2D eigenvalue weighted by Crippen LogP contribution is -2.08. The third-order valence-corrected chi connectivity index (χ3v) is 2.22. The molecular formula is C10H11ClO3. The van der Waals surface area contributed by atoms with Crippen LogP contribution >= 0.6 is 11.6 Å². The van der Waals surface area contributed by atoms with Gasteiger partial charge in [-0.15, -0.1) is 11.6 Å². The third-order valence-electron chi connectivity index (χ3n) is 1.79. The number of rotatable bonds is 3. The molecule has 1 aromatic rings. The minimum absolute atomic E-state index is 0.472. The zero-order valence-electron chi connectivity index (χ0n) is 7.99. The summed E-state index contributed by atoms with van der Waals surface area (Å²) in [6.45, 7) is 0. The Morgan fingerprint density at radius 1 is 1.43 bits per heavy atom. The van der Waals surface area contributed by atoms with E-state index in [1.54, 1.807) is 31.4 Å². The van der Waals surface area contributed by atoms with Crippen molar-refractivity contribution in [3.05, 3.63) is 29.8 Å². The van der Waals surface area contributed by atoms with Crippen LogP contribution in [0.1, 0.15) is 10.9 Å². The van der Waals surface area contributed by atoms with E-state index in [-0.39, 0.29) is 0 Å². The molecule has 1 rings (SSSR count). The fourth-order valence-corrected chi connectivity index (χ4v) is 1.26. The Morgan fingerprint density at radius 3 is 2.71 bits per heavy atom. The highest BCUT2D eigenvalue weighted by Gasteiger charge is 2.18. The second-order valence-electron chi connectivity index (χ2n) is 2.66. The van der Waals surface area contributed by atoms with Gasteiger partial charge in [-0.25, -0.2) is 0 Å². The first-order chi connectivity index (χ1) is 6.69. The number of ether oxygens (including phenoxy) is 2. The quantitative estimate of drug-likeness (QED) is 0.571. The van der Waals surface area contributed by atoms with Gasteiger partial charge in [0.1, 0.15) is 5.75 Å². The second-order valence-corrected chi connectivity index (χ2v) is 3.10. The van der Waals surface area contributed by atoms with Crippen molar-refractivity contribution in [2.24, 2.45) is 0 Å². The van der Waals surface area contributed by atoms with Crippen LogP contribution in [0.5, 0.6) is 5.75 Å². The summed E-state index contributed by atoms with van der Waals surface area (Å²) in [5.74, 6) is 0.192. The number of esters is 1. The molecule has 0 aliphatic rings. The Morgan fingerprint density at radius 2 is 2.14 bits per heavy atom. The maximum absolute atomic E-state index is 11.1. The fraction of sp³-hybridized carbons (Fsp3) is 0.300. The van der Waals surface area contributed by atoms with Gasteiger partial charge in [0.15, 0.2) is 5.38 Å². The molecule has 4 heteroatoms. The fourth-order valence-electron chi connectivity index (χ4n) is 1.04. The van der Waals surface area contributed by atoms with Crippen molar-refractivity contribution < 1.29 is 14.3 Å². The molecule has 1 atom stereocenters. The maximum Gasteiger partial charge on any atom is 0.328 e. The van der Waals surface area contributed by atoms with E-state index in [1.807, 2.05) is 0 Å². The van der Waals surface area contributed by atoms with Crippen molar-refractivity contribution in [3.8, 4) is 5.75 Å². The zero-order chi connectivity index (χ0) is 10.6. The van der Waals surface area contributed by atoms with E-state index in [9.17, 15) is 4.79 Å². The van der Waals surface area contributed by atoms with Gasteiger partial charge in [0.05, 0.1) is 14.2 Å². The minimum atomic E-state index is -0.782. The lowest BCUT2D eigenvalue weighted by molar-refractivity contribution is -0.140. The van der Waals surface area contributed by atoms with Crippen LogP contribution < -0.4 is 4.74 Å². The summed E-state index contributed by atoms with van der Waals surface area (Å²) in [5, 5.41) is -0.782. The number of alkyl halides is 1. The number of halogens is 1. The number of hydrogen-bond donors (Lipinski definition) is 0. The summed E-state index contributed by atoms with van der Waals surface area (Å²) in [4.78, 5) is 11.1. The van der Waals surface area contributed by atoms with Gasteiger partial charge in [-0.05, 0) is 17.7 Å². The van der Waals surface area contributed by atoms with Crippen LogP contribution in [0.3, 0.4) is 0 Å². The zero-order valence-corrected chi connectivity index (χ0v) is 8.75. The summed E-state index contributed by atoms with van der Waals surface area (Å²) >= 11 is 5.86. The highest BCUT2D eigenvalue weighted by molar-refractivity contribution is 6.29. The predicted octanol–water partition coefficient (Wildman–Crippen LogP) is 2.15. The van der Waals surface area contributed by atoms with E-state index in [0.29, 0.717) is 11.3 Å². The number of methoxy groups -OCH3 is 2. The molecule has 14 heavy (non-hydrogen) atoms. The van der Waals surface area contributed by atoms with Crippen molar-refractivity contribution in [2.75, 3.05) is 14.2 Å². The van der Waals surface area contributed by atoms with Crippen molar-refractivity contribution in [1.29, 1.82) is 0 Å². The largest absolute Gasteiger partial charge is 0.497 e. The van der Waals surface area contributed by atoms with E-state index in [1.165, 1.54) is 7.11 Å². The molecule has 0 N–H and O–H groups in total. The topological polar surface area (TPSA) is 35.5 Å². The minimum Gasteiger partial charge on any atom is -0.497 e. The Hall–Kier alpha value is -1.22. The Bertz CT molecular complexity index is 325. The van der Waals surface area contributed by atoms with E-state index in [4.69, 9.17) is 16.3 Å². The van der Waals surface area contributed by atoms with Crippen molar-refractivity contribution in [1.82, 2.24) is 0 Å². The molecule has 0 aromatic heterocycles. The Labute approximate surface area is 87.6 Å². The average molecular weight is 215 g/mol. The second kappa shape index (κ2) is 4.86. The average Bonchev–Trinajstić information content (AvgIpc) is 2.27. The van der Waals surface area contributed by atoms with Gasteiger partial charge in [0.25, 0.3) is 0 Å². The Kier molecular flexibility index (Phi) is 3.77. The normalized spacial score (nSPS) is 11.9. The van der Waals surface area contributed by atoms with Crippen LogP contribution in [-0.2, 0) is 9.53 Å². The summed E-state index contributed by atoms with van der Waals surface area (Å²) in [6.07, 6.45) is 0. The molecule has 0 unspecified atom stereocenters. The van der Waals surface area contributed by atoms with Crippen molar-refractivity contribution >= 4 is 17.6 Å². The van der Waals surface area contributed by atoms with E-state index in [0.717, 1.165) is 0 Å². The lowest BCUT2D eigenvalue weighted by atomic mass is 10.1. The first-order valence-corrected chi connectivity index (χ1v) is 4.48. The van der Waals surface area contributed by atoms with Crippen LogP contribution in [0.15, 0.2) is 24.3 Å². The molecule has 0 aliphatic heterocycles. The van der Waals surface area contributed by atoms with E-state index >= 15 is 0 Å². The van der Waals surface area contributed by atoms with Gasteiger partial charge in [-0.1, -0.05) is 12.1 Å². The molecule has 0 bridgehead atoms. The summed E-state index contributed by atoms with van der Waals surface area (Å²) in [5.41, 5.74) is 0.665. The predicted molar refractivity (Wildman–Crippen MR) is 53.6 cm³/mol. The van der Waals surface area contributed by atoms with Gasteiger partial charge in [-0.2, -0.15) is 0 Å². The first-order valence-electron chi connectivity index (χ1n) is 4.05. The molecular weight excluding hydrogens is 204 g/mol. The number of carbonyl (C=O) groups excluding carboxylic acids is 1. The summed E-state index contributed by atoms with van der Waals surface area (Å²) in [7, 11) is 2.86. The maximum atomic E-state index is 11.1. The van der Waals surface area contributed by atoms with Gasteiger partial charge < -0.3 is 9.47 Å². The van der Waals surface area contributed by atoms with Gasteiger partial charge in [0, 0.05) is 0 Å². The third kappa shape index (κ3) is 2.39. The van der Waals surface area contributed by atoms with Crippen LogP contribution in [0.4, 0.5) is 0 Å². The molecule has 0 saturated heterocycles. The van der Waals surface area contributed by atoms with Crippen LogP contribution in [0, 0.1) is 0 Å². The lowest BCUT2D eigenvalue weighted by Gasteiger charge is -2.08. The van der Waals surface area contributed by atoms with E-state index < -0.39 is 11.3 Å². The summed E-state index contributed by atoms with van der Waals surface area (Å²) in [6, 6.07) is 7.00. The van der Waals surface area contributed by atoms with Crippen LogP contribution in [0.2, 0.25) is 0 Å². The number of carbonyl (C=O) groups is 1. The first kappa shape index (κ1) is 10.9. The highest BCUT2D eigenvalue weighted by Crippen LogP contribution is 2.24. The molecule has 1 aromatic carbocycles. The van der Waals surface area contributed by atoms with Gasteiger partial charge >= 0.3 is 5.97 Å². The van der Waals surface area contributed by atoms with Crippen LogP contribution in [0.25, 0.3) is 0 Å². The number of benzene rings is 1. The van der Waals surface area contributed by atoms with Gasteiger partial charge in [-0.3, -0.25) is 4.79 Å². The molecule has 0 radical (unpaired) electrons. The van der Waals surface area contributed by atoms with Crippen molar-refractivity contribution in [3.63, 3.8) is 0 Å². The molecule has 0 spiro atoms. The highest BCUT2D eigenvalue weighted by atomic mass is 35.5.